The summed E-state index contributed by atoms with van der Waals surface area (Å²) >= 11 is 0. The zero-order valence-corrected chi connectivity index (χ0v) is 16.0. The number of methoxy groups -OCH3 is 1. The summed E-state index contributed by atoms with van der Waals surface area (Å²) in [4.78, 5) is 9.58. The van der Waals surface area contributed by atoms with Crippen LogP contribution in [0.4, 0.5) is 5.82 Å². The molecule has 6 nitrogen and oxygen atoms in total. The quantitative estimate of drug-likeness (QED) is 0.772. The van der Waals surface area contributed by atoms with Crippen molar-refractivity contribution in [2.75, 3.05) is 51.8 Å². The number of nitrogens with zero attached hydrogens (tertiary/aromatic N) is 5. The molecule has 3 rings (SSSR count). The summed E-state index contributed by atoms with van der Waals surface area (Å²) < 4.78 is 7.15. The summed E-state index contributed by atoms with van der Waals surface area (Å²) in [7, 11) is 3.95. The highest BCUT2D eigenvalue weighted by Crippen LogP contribution is 2.24. The van der Waals surface area contributed by atoms with Gasteiger partial charge >= 0.3 is 0 Å². The van der Waals surface area contributed by atoms with E-state index in [1.165, 1.54) is 25.9 Å². The number of hydrogen-bond acceptors (Lipinski definition) is 5. The lowest BCUT2D eigenvalue weighted by Gasteiger charge is -2.34. The molecular weight excluding hydrogens is 314 g/mol. The summed E-state index contributed by atoms with van der Waals surface area (Å²) in [5.41, 5.74) is 2.06. The van der Waals surface area contributed by atoms with E-state index in [2.05, 4.69) is 41.9 Å². The molecule has 1 aliphatic rings. The van der Waals surface area contributed by atoms with E-state index in [0.717, 1.165) is 42.8 Å². The number of ether oxygens (including phenoxy) is 1. The van der Waals surface area contributed by atoms with Gasteiger partial charge < -0.3 is 14.5 Å². The Kier molecular flexibility index (Phi) is 5.91. The fraction of sp³-hybridized carbons (Fsp3) is 0.684. The predicted octanol–water partition coefficient (Wildman–Crippen LogP) is 2.65. The Morgan fingerprint density at radius 3 is 2.76 bits per heavy atom. The summed E-state index contributed by atoms with van der Waals surface area (Å²) in [6.45, 7) is 9.67. The van der Waals surface area contributed by atoms with Gasteiger partial charge in [0.05, 0.1) is 12.8 Å². The van der Waals surface area contributed by atoms with E-state index in [4.69, 9.17) is 9.72 Å². The van der Waals surface area contributed by atoms with Gasteiger partial charge in [-0.15, -0.1) is 0 Å². The molecule has 0 saturated carbocycles. The average molecular weight is 345 g/mol. The van der Waals surface area contributed by atoms with Crippen molar-refractivity contribution in [3.8, 4) is 0 Å². The third-order valence-corrected chi connectivity index (χ3v) is 5.19. The van der Waals surface area contributed by atoms with E-state index >= 15 is 0 Å². The topological polar surface area (TPSA) is 45.9 Å². The Morgan fingerprint density at radius 2 is 2.08 bits per heavy atom. The summed E-state index contributed by atoms with van der Waals surface area (Å²) in [5, 5.41) is 4.47. The monoisotopic (exact) mass is 345 g/mol. The molecule has 0 bridgehead atoms. The van der Waals surface area contributed by atoms with Gasteiger partial charge in [-0.3, -0.25) is 0 Å². The van der Waals surface area contributed by atoms with Gasteiger partial charge in [0.1, 0.15) is 5.82 Å². The number of likely N-dealkylation sites (tertiary alicyclic amines) is 1. The standard InChI is InChI=1S/C19H31N5O/c1-15(2)17-13-19(24-18(21-17)5-8-20-24)22(3)14-16-6-9-23(10-7-16)11-12-25-4/h5,8,13,15-16H,6-7,9-12,14H2,1-4H3. The van der Waals surface area contributed by atoms with Crippen molar-refractivity contribution in [3.63, 3.8) is 0 Å². The van der Waals surface area contributed by atoms with E-state index in [1.807, 2.05) is 16.8 Å². The Labute approximate surface area is 150 Å². The number of piperidine rings is 1. The third kappa shape index (κ3) is 4.30. The molecule has 25 heavy (non-hydrogen) atoms. The molecule has 0 aliphatic carbocycles. The number of anilines is 1. The van der Waals surface area contributed by atoms with Crippen LogP contribution in [0, 0.1) is 5.92 Å². The molecule has 0 spiro atoms. The highest BCUT2D eigenvalue weighted by Gasteiger charge is 2.21. The maximum absolute atomic E-state index is 5.19. The lowest BCUT2D eigenvalue weighted by molar-refractivity contribution is 0.121. The Bertz CT molecular complexity index is 676. The second kappa shape index (κ2) is 8.15. The van der Waals surface area contributed by atoms with Crippen LogP contribution in [0.1, 0.15) is 38.3 Å². The van der Waals surface area contributed by atoms with Crippen LogP contribution in [0.5, 0.6) is 0 Å². The zero-order chi connectivity index (χ0) is 17.8. The molecule has 0 unspecified atom stereocenters. The molecule has 3 heterocycles. The van der Waals surface area contributed by atoms with Crippen molar-refractivity contribution in [3.05, 3.63) is 24.0 Å². The van der Waals surface area contributed by atoms with Crippen LogP contribution in [0.2, 0.25) is 0 Å². The van der Waals surface area contributed by atoms with E-state index in [0.29, 0.717) is 5.92 Å². The van der Waals surface area contributed by atoms with Gasteiger partial charge in [-0.2, -0.15) is 9.61 Å². The molecule has 1 fully saturated rings. The average Bonchev–Trinajstić information content (AvgIpc) is 3.08. The van der Waals surface area contributed by atoms with Crippen molar-refractivity contribution < 1.29 is 4.74 Å². The summed E-state index contributed by atoms with van der Waals surface area (Å²) in [6.07, 6.45) is 4.33. The fourth-order valence-corrected chi connectivity index (χ4v) is 3.58. The predicted molar refractivity (Wildman–Crippen MR) is 101 cm³/mol. The van der Waals surface area contributed by atoms with Crippen molar-refractivity contribution in [2.45, 2.75) is 32.6 Å². The van der Waals surface area contributed by atoms with Gasteiger partial charge in [0.25, 0.3) is 0 Å². The minimum Gasteiger partial charge on any atom is -0.383 e. The Morgan fingerprint density at radius 1 is 1.32 bits per heavy atom. The van der Waals surface area contributed by atoms with Crippen LogP contribution in [0.25, 0.3) is 5.65 Å². The van der Waals surface area contributed by atoms with Crippen LogP contribution in [0.3, 0.4) is 0 Å². The largest absolute Gasteiger partial charge is 0.383 e. The molecule has 6 heteroatoms. The lowest BCUT2D eigenvalue weighted by Crippen LogP contribution is -2.39. The van der Waals surface area contributed by atoms with Crippen LogP contribution in [0.15, 0.2) is 18.3 Å². The van der Waals surface area contributed by atoms with Crippen LogP contribution < -0.4 is 4.90 Å². The first kappa shape index (κ1) is 18.1. The second-order valence-corrected chi connectivity index (χ2v) is 7.45. The first-order chi connectivity index (χ1) is 12.1. The molecule has 1 aliphatic heterocycles. The second-order valence-electron chi connectivity index (χ2n) is 7.45. The molecule has 138 valence electrons. The minimum atomic E-state index is 0.413. The number of rotatable bonds is 7. The lowest BCUT2D eigenvalue weighted by atomic mass is 9.96. The molecule has 2 aromatic heterocycles. The first-order valence-corrected chi connectivity index (χ1v) is 9.35. The smallest absolute Gasteiger partial charge is 0.157 e. The van der Waals surface area contributed by atoms with Crippen molar-refractivity contribution in [1.29, 1.82) is 0 Å². The van der Waals surface area contributed by atoms with Crippen molar-refractivity contribution in [1.82, 2.24) is 19.5 Å². The van der Waals surface area contributed by atoms with Crippen LogP contribution in [-0.2, 0) is 4.74 Å². The van der Waals surface area contributed by atoms with E-state index in [1.54, 1.807) is 7.11 Å². The van der Waals surface area contributed by atoms with Crippen molar-refractivity contribution >= 4 is 11.5 Å². The molecular formula is C19H31N5O. The zero-order valence-electron chi connectivity index (χ0n) is 16.0. The van der Waals surface area contributed by atoms with Gasteiger partial charge in [-0.1, -0.05) is 13.8 Å². The maximum Gasteiger partial charge on any atom is 0.157 e. The van der Waals surface area contributed by atoms with Gasteiger partial charge in [-0.25, -0.2) is 4.98 Å². The first-order valence-electron chi connectivity index (χ1n) is 9.35. The number of fused-ring (bicyclic) bond motifs is 1. The van der Waals surface area contributed by atoms with E-state index < -0.39 is 0 Å². The minimum absolute atomic E-state index is 0.413. The molecule has 0 N–H and O–H groups in total. The van der Waals surface area contributed by atoms with Gasteiger partial charge in [0.2, 0.25) is 0 Å². The Balaban J connectivity index is 1.66. The molecule has 0 aromatic carbocycles. The molecule has 1 saturated heterocycles. The number of aromatic nitrogens is 3. The summed E-state index contributed by atoms with van der Waals surface area (Å²) in [6, 6.07) is 4.18. The summed E-state index contributed by atoms with van der Waals surface area (Å²) in [5.74, 6) is 2.28. The number of hydrogen-bond donors (Lipinski definition) is 0. The maximum atomic E-state index is 5.19. The van der Waals surface area contributed by atoms with Crippen molar-refractivity contribution in [2.24, 2.45) is 5.92 Å². The van der Waals surface area contributed by atoms with Gasteiger partial charge in [-0.05, 0) is 37.8 Å². The van der Waals surface area contributed by atoms with Gasteiger partial charge in [0.15, 0.2) is 5.65 Å². The van der Waals surface area contributed by atoms with Gasteiger partial charge in [0, 0.05) is 45.1 Å². The molecule has 0 atom stereocenters. The fourth-order valence-electron chi connectivity index (χ4n) is 3.58. The Hall–Kier alpha value is -1.66. The van der Waals surface area contributed by atoms with E-state index in [9.17, 15) is 0 Å². The third-order valence-electron chi connectivity index (χ3n) is 5.19. The SMILES string of the molecule is COCCN1CCC(CN(C)c2cc(C(C)C)nc3ccnn23)CC1. The van der Waals surface area contributed by atoms with Crippen LogP contribution >= 0.6 is 0 Å². The molecule has 2 aromatic rings. The molecule has 0 amide bonds. The molecule has 0 radical (unpaired) electrons. The van der Waals surface area contributed by atoms with Crippen LogP contribution in [-0.4, -0.2) is 66.4 Å². The normalized spacial score (nSPS) is 16.8. The van der Waals surface area contributed by atoms with E-state index in [-0.39, 0.29) is 0 Å². The highest BCUT2D eigenvalue weighted by molar-refractivity contribution is 5.51. The highest BCUT2D eigenvalue weighted by atomic mass is 16.5.